The fraction of sp³-hybridized carbons (Fsp3) is 0.407. The third-order valence-electron chi connectivity index (χ3n) is 5.79. The van der Waals surface area contributed by atoms with Crippen LogP contribution in [0.2, 0.25) is 0 Å². The molecule has 0 saturated carbocycles. The monoisotopic (exact) mass is 465 g/mol. The zero-order valence-electron chi connectivity index (χ0n) is 19.2. The number of aryl methyl sites for hydroxylation is 1. The number of amides is 1. The number of hydrogen-bond acceptors (Lipinski definition) is 5. The summed E-state index contributed by atoms with van der Waals surface area (Å²) in [6, 6.07) is 13.6. The summed E-state index contributed by atoms with van der Waals surface area (Å²) in [5.41, 5.74) is 0.971. The molecule has 2 heterocycles. The van der Waals surface area contributed by atoms with Gasteiger partial charge in [-0.3, -0.25) is 4.79 Å². The number of carbonyl (C=O) groups excluding carboxylic acids is 2. The van der Waals surface area contributed by atoms with Crippen LogP contribution in [0.3, 0.4) is 0 Å². The number of likely N-dealkylation sites (tertiary alicyclic amines) is 1. The first kappa shape index (κ1) is 24.8. The number of hydrogen-bond donors (Lipinski definition) is 1. The minimum atomic E-state index is -0.601. The van der Waals surface area contributed by atoms with E-state index in [1.54, 1.807) is 6.07 Å². The highest BCUT2D eigenvalue weighted by atomic mass is 32.1. The average molecular weight is 466 g/mol. The molecule has 0 radical (unpaired) electrons. The summed E-state index contributed by atoms with van der Waals surface area (Å²) in [5.74, 6) is 6.12. The molecule has 1 aromatic carbocycles. The molecule has 6 heteroatoms. The van der Waals surface area contributed by atoms with E-state index in [1.807, 2.05) is 60.4 Å². The Morgan fingerprint density at radius 1 is 1.30 bits per heavy atom. The molecular weight excluding hydrogens is 434 g/mol. The number of aliphatic hydroxyl groups is 1. The Labute approximate surface area is 200 Å². The summed E-state index contributed by atoms with van der Waals surface area (Å²) < 4.78 is 4.75. The van der Waals surface area contributed by atoms with Gasteiger partial charge in [-0.15, -0.1) is 11.3 Å². The summed E-state index contributed by atoms with van der Waals surface area (Å²) in [6.07, 6.45) is 6.72. The lowest BCUT2D eigenvalue weighted by Gasteiger charge is -2.23. The van der Waals surface area contributed by atoms with E-state index in [1.165, 1.54) is 18.4 Å². The van der Waals surface area contributed by atoms with Crippen molar-refractivity contribution in [3.8, 4) is 11.8 Å². The number of methoxy groups -OCH3 is 1. The number of thiophene rings is 1. The summed E-state index contributed by atoms with van der Waals surface area (Å²) in [6.45, 7) is 2.64. The molecule has 0 unspecified atom stereocenters. The molecule has 1 N–H and O–H groups in total. The lowest BCUT2D eigenvalue weighted by Crippen LogP contribution is -2.33. The number of rotatable bonds is 9. The zero-order chi connectivity index (χ0) is 23.6. The van der Waals surface area contributed by atoms with Crippen LogP contribution in [0.15, 0.2) is 54.6 Å². The van der Waals surface area contributed by atoms with Gasteiger partial charge in [0.15, 0.2) is 0 Å². The second-order valence-electron chi connectivity index (χ2n) is 8.28. The van der Waals surface area contributed by atoms with Crippen molar-refractivity contribution in [3.05, 3.63) is 69.9 Å². The molecule has 1 fully saturated rings. The van der Waals surface area contributed by atoms with E-state index in [0.717, 1.165) is 29.7 Å². The molecule has 3 atom stereocenters. The van der Waals surface area contributed by atoms with Crippen LogP contribution in [0.4, 0.5) is 0 Å². The standard InChI is InChI=1S/C27H31NO4S/c1-20(8-6-11-21-9-4-3-5-10-21)24(29)16-13-22-14-18-26(30)28(22)19-7-12-23-15-17-25(33-23)27(31)32-2/h3-5,9-10,13,15-17,20,22,24,29H,7-8,12,14,18-19H2,1-2H3/t20-,22-,24-/m0/s1. The van der Waals surface area contributed by atoms with Gasteiger partial charge < -0.3 is 14.7 Å². The third kappa shape index (κ3) is 7.31. The van der Waals surface area contributed by atoms with E-state index in [4.69, 9.17) is 4.74 Å². The molecule has 1 aliphatic heterocycles. The van der Waals surface area contributed by atoms with Gasteiger partial charge in [0.25, 0.3) is 0 Å². The second-order valence-corrected chi connectivity index (χ2v) is 9.45. The van der Waals surface area contributed by atoms with Crippen LogP contribution in [0, 0.1) is 17.8 Å². The molecule has 2 aromatic rings. The van der Waals surface area contributed by atoms with Gasteiger partial charge in [-0.2, -0.15) is 0 Å². The second kappa shape index (κ2) is 12.4. The minimum absolute atomic E-state index is 0.00542. The van der Waals surface area contributed by atoms with E-state index < -0.39 is 6.10 Å². The number of carbonyl (C=O) groups is 2. The van der Waals surface area contributed by atoms with Crippen LogP contribution in [0.25, 0.3) is 0 Å². The van der Waals surface area contributed by atoms with Crippen molar-refractivity contribution >= 4 is 23.2 Å². The van der Waals surface area contributed by atoms with Crippen molar-refractivity contribution in [1.29, 1.82) is 0 Å². The van der Waals surface area contributed by atoms with Crippen LogP contribution in [-0.2, 0) is 16.0 Å². The molecule has 1 aliphatic rings. The highest BCUT2D eigenvalue weighted by Gasteiger charge is 2.28. The lowest BCUT2D eigenvalue weighted by molar-refractivity contribution is -0.128. The molecule has 33 heavy (non-hydrogen) atoms. The highest BCUT2D eigenvalue weighted by molar-refractivity contribution is 7.13. The van der Waals surface area contributed by atoms with Crippen molar-refractivity contribution in [2.45, 2.75) is 51.2 Å². The van der Waals surface area contributed by atoms with Gasteiger partial charge in [0.1, 0.15) is 4.88 Å². The highest BCUT2D eigenvalue weighted by Crippen LogP contribution is 2.23. The molecule has 0 spiro atoms. The normalized spacial score (nSPS) is 17.6. The van der Waals surface area contributed by atoms with Gasteiger partial charge >= 0.3 is 5.97 Å². The first-order valence-electron chi connectivity index (χ1n) is 11.3. The van der Waals surface area contributed by atoms with E-state index in [-0.39, 0.29) is 23.8 Å². The van der Waals surface area contributed by atoms with Crippen LogP contribution >= 0.6 is 11.3 Å². The van der Waals surface area contributed by atoms with Crippen LogP contribution in [-0.4, -0.2) is 47.7 Å². The quantitative estimate of drug-likeness (QED) is 0.337. The molecule has 0 aliphatic carbocycles. The fourth-order valence-electron chi connectivity index (χ4n) is 3.78. The van der Waals surface area contributed by atoms with Gasteiger partial charge in [-0.25, -0.2) is 4.79 Å². The molecule has 5 nitrogen and oxygen atoms in total. The first-order chi connectivity index (χ1) is 16.0. The molecular formula is C27H31NO4S. The Morgan fingerprint density at radius 2 is 2.09 bits per heavy atom. The molecule has 1 amide bonds. The maximum Gasteiger partial charge on any atom is 0.348 e. The summed E-state index contributed by atoms with van der Waals surface area (Å²) >= 11 is 1.44. The molecule has 3 rings (SSSR count). The maximum absolute atomic E-state index is 12.4. The van der Waals surface area contributed by atoms with E-state index in [9.17, 15) is 14.7 Å². The minimum Gasteiger partial charge on any atom is -0.465 e. The van der Waals surface area contributed by atoms with Crippen LogP contribution < -0.4 is 0 Å². The average Bonchev–Trinajstić information content (AvgIpc) is 3.44. The Hall–Kier alpha value is -2.88. The molecule has 0 bridgehead atoms. The van der Waals surface area contributed by atoms with E-state index >= 15 is 0 Å². The molecule has 1 aromatic heterocycles. The van der Waals surface area contributed by atoms with Gasteiger partial charge in [0.05, 0.1) is 19.3 Å². The number of ether oxygens (including phenoxy) is 1. The number of esters is 1. The van der Waals surface area contributed by atoms with Crippen molar-refractivity contribution in [3.63, 3.8) is 0 Å². The van der Waals surface area contributed by atoms with E-state index in [0.29, 0.717) is 24.3 Å². The number of nitrogens with zero attached hydrogens (tertiary/aromatic N) is 1. The van der Waals surface area contributed by atoms with E-state index in [2.05, 4.69) is 11.8 Å². The van der Waals surface area contributed by atoms with Gasteiger partial charge in [0.2, 0.25) is 5.91 Å². The predicted molar refractivity (Wildman–Crippen MR) is 131 cm³/mol. The maximum atomic E-state index is 12.4. The Morgan fingerprint density at radius 3 is 2.85 bits per heavy atom. The SMILES string of the molecule is COC(=O)c1ccc(CCCN2C(=O)CC[C@@H]2C=C[C@H](O)[C@@H](C)CC#Cc2ccccc2)s1. The van der Waals surface area contributed by atoms with Crippen molar-refractivity contribution in [2.24, 2.45) is 5.92 Å². The molecule has 174 valence electrons. The van der Waals surface area contributed by atoms with Crippen molar-refractivity contribution < 1.29 is 19.4 Å². The topological polar surface area (TPSA) is 66.8 Å². The summed E-state index contributed by atoms with van der Waals surface area (Å²) in [5, 5.41) is 10.5. The van der Waals surface area contributed by atoms with Crippen LogP contribution in [0.5, 0.6) is 0 Å². The van der Waals surface area contributed by atoms with Crippen molar-refractivity contribution in [2.75, 3.05) is 13.7 Å². The Kier molecular flexibility index (Phi) is 9.29. The smallest absolute Gasteiger partial charge is 0.348 e. The van der Waals surface area contributed by atoms with Crippen molar-refractivity contribution in [1.82, 2.24) is 4.90 Å². The van der Waals surface area contributed by atoms with Gasteiger partial charge in [-0.1, -0.05) is 49.1 Å². The zero-order valence-corrected chi connectivity index (χ0v) is 20.0. The number of aliphatic hydroxyl groups excluding tert-OH is 1. The predicted octanol–water partition coefficient (Wildman–Crippen LogP) is 4.45. The largest absolute Gasteiger partial charge is 0.465 e. The van der Waals surface area contributed by atoms with Gasteiger partial charge in [-0.05, 0) is 49.4 Å². The Bertz CT molecular complexity index is 1020. The Balaban J connectivity index is 1.47. The lowest BCUT2D eigenvalue weighted by atomic mass is 9.99. The summed E-state index contributed by atoms with van der Waals surface area (Å²) in [7, 11) is 1.38. The number of benzene rings is 1. The fourth-order valence-corrected chi connectivity index (χ4v) is 4.75. The summed E-state index contributed by atoms with van der Waals surface area (Å²) in [4.78, 5) is 27.6. The van der Waals surface area contributed by atoms with Crippen LogP contribution in [0.1, 0.15) is 52.7 Å². The molecule has 1 saturated heterocycles. The third-order valence-corrected chi connectivity index (χ3v) is 6.91. The first-order valence-corrected chi connectivity index (χ1v) is 12.2. The van der Waals surface area contributed by atoms with Gasteiger partial charge in [0, 0.05) is 29.8 Å².